The van der Waals surface area contributed by atoms with Crippen LogP contribution >= 0.6 is 0 Å². The average Bonchev–Trinajstić information content (AvgIpc) is 2.83. The summed E-state index contributed by atoms with van der Waals surface area (Å²) < 4.78 is 11.4. The van der Waals surface area contributed by atoms with Gasteiger partial charge in [0.25, 0.3) is 0 Å². The van der Waals surface area contributed by atoms with Crippen LogP contribution in [-0.4, -0.2) is 31.2 Å². The third kappa shape index (κ3) is 2.94. The zero-order chi connectivity index (χ0) is 13.0. The molecule has 1 spiro atoms. The molecule has 2 unspecified atom stereocenters. The summed E-state index contributed by atoms with van der Waals surface area (Å²) in [6, 6.07) is 0. The SMILES string of the molecule is CCCC(OC)C(=O)C1CCOC2(CCCC2)C1. The molecule has 0 radical (unpaired) electrons. The van der Waals surface area contributed by atoms with Gasteiger partial charge >= 0.3 is 0 Å². The van der Waals surface area contributed by atoms with Gasteiger partial charge in [0.2, 0.25) is 0 Å². The maximum atomic E-state index is 12.5. The molecule has 2 fully saturated rings. The van der Waals surface area contributed by atoms with Crippen molar-refractivity contribution in [2.45, 2.75) is 70.0 Å². The standard InChI is InChI=1S/C15H26O3/c1-3-6-13(17-2)14(16)12-7-10-18-15(11-12)8-4-5-9-15/h12-13H,3-11H2,1-2H3. The van der Waals surface area contributed by atoms with E-state index in [9.17, 15) is 4.79 Å². The fraction of sp³-hybridized carbons (Fsp3) is 0.933. The first kappa shape index (κ1) is 14.0. The van der Waals surface area contributed by atoms with E-state index in [-0.39, 0.29) is 17.6 Å². The Morgan fingerprint density at radius 1 is 1.44 bits per heavy atom. The zero-order valence-corrected chi connectivity index (χ0v) is 11.7. The van der Waals surface area contributed by atoms with Crippen molar-refractivity contribution in [2.24, 2.45) is 5.92 Å². The lowest BCUT2D eigenvalue weighted by atomic mass is 9.80. The lowest BCUT2D eigenvalue weighted by Crippen LogP contribution is -2.42. The fourth-order valence-corrected chi connectivity index (χ4v) is 3.54. The fourth-order valence-electron chi connectivity index (χ4n) is 3.54. The molecule has 1 saturated heterocycles. The van der Waals surface area contributed by atoms with Crippen LogP contribution in [0.1, 0.15) is 58.3 Å². The van der Waals surface area contributed by atoms with Crippen molar-refractivity contribution >= 4 is 5.78 Å². The van der Waals surface area contributed by atoms with Crippen molar-refractivity contribution < 1.29 is 14.3 Å². The topological polar surface area (TPSA) is 35.5 Å². The smallest absolute Gasteiger partial charge is 0.164 e. The molecule has 0 amide bonds. The molecular formula is C15H26O3. The van der Waals surface area contributed by atoms with Crippen LogP contribution in [0.25, 0.3) is 0 Å². The predicted octanol–water partition coefficient (Wildman–Crippen LogP) is 3.11. The Morgan fingerprint density at radius 2 is 2.17 bits per heavy atom. The Hall–Kier alpha value is -0.410. The molecule has 1 aliphatic carbocycles. The number of ether oxygens (including phenoxy) is 2. The average molecular weight is 254 g/mol. The van der Waals surface area contributed by atoms with Crippen LogP contribution in [0.2, 0.25) is 0 Å². The first-order valence-electron chi connectivity index (χ1n) is 7.41. The summed E-state index contributed by atoms with van der Waals surface area (Å²) in [5.74, 6) is 0.474. The summed E-state index contributed by atoms with van der Waals surface area (Å²) in [5, 5.41) is 0. The van der Waals surface area contributed by atoms with E-state index in [0.717, 1.165) is 45.1 Å². The second kappa shape index (κ2) is 6.16. The molecule has 2 atom stereocenters. The molecule has 1 aliphatic heterocycles. The van der Waals surface area contributed by atoms with Crippen molar-refractivity contribution in [3.8, 4) is 0 Å². The number of rotatable bonds is 5. The largest absolute Gasteiger partial charge is 0.375 e. The number of hydrogen-bond donors (Lipinski definition) is 0. The van der Waals surface area contributed by atoms with Gasteiger partial charge in [-0.2, -0.15) is 0 Å². The molecule has 0 aromatic heterocycles. The van der Waals surface area contributed by atoms with Crippen LogP contribution in [0, 0.1) is 5.92 Å². The Kier molecular flexibility index (Phi) is 4.79. The van der Waals surface area contributed by atoms with Crippen molar-refractivity contribution in [1.29, 1.82) is 0 Å². The molecule has 0 aromatic carbocycles. The molecular weight excluding hydrogens is 228 g/mol. The van der Waals surface area contributed by atoms with Crippen LogP contribution in [0.4, 0.5) is 0 Å². The molecule has 104 valence electrons. The van der Waals surface area contributed by atoms with Gasteiger partial charge in [-0.3, -0.25) is 4.79 Å². The molecule has 2 rings (SSSR count). The van der Waals surface area contributed by atoms with E-state index >= 15 is 0 Å². The zero-order valence-electron chi connectivity index (χ0n) is 11.7. The van der Waals surface area contributed by atoms with Gasteiger partial charge in [0.05, 0.1) is 5.60 Å². The van der Waals surface area contributed by atoms with Crippen LogP contribution in [0.15, 0.2) is 0 Å². The second-order valence-electron chi connectivity index (χ2n) is 5.84. The summed E-state index contributed by atoms with van der Waals surface area (Å²) in [5.41, 5.74) is 0.0308. The molecule has 3 heteroatoms. The van der Waals surface area contributed by atoms with Gasteiger partial charge in [-0.25, -0.2) is 0 Å². The Balaban J connectivity index is 1.97. The number of hydrogen-bond acceptors (Lipinski definition) is 3. The minimum absolute atomic E-state index is 0.0308. The highest BCUT2D eigenvalue weighted by molar-refractivity contribution is 5.85. The lowest BCUT2D eigenvalue weighted by Gasteiger charge is -2.38. The normalized spacial score (nSPS) is 28.4. The Bertz CT molecular complexity index is 281. The number of Topliss-reactive ketones (excluding diaryl/α,β-unsaturated/α-hetero) is 1. The lowest BCUT2D eigenvalue weighted by molar-refractivity contribution is -0.145. The first-order chi connectivity index (χ1) is 8.71. The summed E-state index contributed by atoms with van der Waals surface area (Å²) in [7, 11) is 1.66. The van der Waals surface area contributed by atoms with Crippen LogP contribution in [0.5, 0.6) is 0 Å². The highest BCUT2D eigenvalue weighted by atomic mass is 16.5. The molecule has 0 bridgehead atoms. The minimum atomic E-state index is -0.198. The highest BCUT2D eigenvalue weighted by Crippen LogP contribution is 2.42. The number of ketones is 1. The summed E-state index contributed by atoms with van der Waals surface area (Å²) in [6.45, 7) is 2.85. The number of methoxy groups -OCH3 is 1. The van der Waals surface area contributed by atoms with Crippen molar-refractivity contribution in [3.63, 3.8) is 0 Å². The number of carbonyl (C=O) groups excluding carboxylic acids is 1. The molecule has 3 nitrogen and oxygen atoms in total. The predicted molar refractivity (Wildman–Crippen MR) is 70.6 cm³/mol. The molecule has 1 saturated carbocycles. The summed E-state index contributed by atoms with van der Waals surface area (Å²) >= 11 is 0. The second-order valence-corrected chi connectivity index (χ2v) is 5.84. The molecule has 1 heterocycles. The first-order valence-corrected chi connectivity index (χ1v) is 7.41. The van der Waals surface area contributed by atoms with Crippen molar-refractivity contribution in [2.75, 3.05) is 13.7 Å². The van der Waals surface area contributed by atoms with Crippen molar-refractivity contribution in [3.05, 3.63) is 0 Å². The van der Waals surface area contributed by atoms with Gasteiger partial charge in [0, 0.05) is 19.6 Å². The monoisotopic (exact) mass is 254 g/mol. The van der Waals surface area contributed by atoms with E-state index in [0.29, 0.717) is 5.78 Å². The third-order valence-corrected chi connectivity index (χ3v) is 4.56. The van der Waals surface area contributed by atoms with Crippen LogP contribution in [0.3, 0.4) is 0 Å². The van der Waals surface area contributed by atoms with E-state index in [1.165, 1.54) is 12.8 Å². The van der Waals surface area contributed by atoms with Gasteiger partial charge in [0.1, 0.15) is 6.10 Å². The maximum absolute atomic E-state index is 12.5. The van der Waals surface area contributed by atoms with E-state index in [4.69, 9.17) is 9.47 Å². The maximum Gasteiger partial charge on any atom is 0.164 e. The number of carbonyl (C=O) groups is 1. The van der Waals surface area contributed by atoms with E-state index in [1.54, 1.807) is 7.11 Å². The minimum Gasteiger partial charge on any atom is -0.375 e. The van der Waals surface area contributed by atoms with E-state index in [2.05, 4.69) is 6.92 Å². The quantitative estimate of drug-likeness (QED) is 0.756. The molecule has 18 heavy (non-hydrogen) atoms. The van der Waals surface area contributed by atoms with E-state index < -0.39 is 0 Å². The van der Waals surface area contributed by atoms with Gasteiger partial charge in [-0.15, -0.1) is 0 Å². The van der Waals surface area contributed by atoms with Crippen LogP contribution < -0.4 is 0 Å². The van der Waals surface area contributed by atoms with Gasteiger partial charge in [-0.05, 0) is 32.1 Å². The van der Waals surface area contributed by atoms with Crippen LogP contribution in [-0.2, 0) is 14.3 Å². The summed E-state index contributed by atoms with van der Waals surface area (Å²) in [6.07, 6.45) is 8.24. The van der Waals surface area contributed by atoms with E-state index in [1.807, 2.05) is 0 Å². The summed E-state index contributed by atoms with van der Waals surface area (Å²) in [4.78, 5) is 12.5. The van der Waals surface area contributed by atoms with Gasteiger partial charge in [0.15, 0.2) is 5.78 Å². The molecule has 2 aliphatic rings. The Labute approximate surface area is 110 Å². The third-order valence-electron chi connectivity index (χ3n) is 4.56. The van der Waals surface area contributed by atoms with Crippen molar-refractivity contribution in [1.82, 2.24) is 0 Å². The molecule has 0 aromatic rings. The molecule has 0 N–H and O–H groups in total. The van der Waals surface area contributed by atoms with Gasteiger partial charge < -0.3 is 9.47 Å². The Morgan fingerprint density at radius 3 is 2.78 bits per heavy atom. The van der Waals surface area contributed by atoms with Gasteiger partial charge in [-0.1, -0.05) is 26.2 Å². The highest BCUT2D eigenvalue weighted by Gasteiger charge is 2.42.